The van der Waals surface area contributed by atoms with Crippen molar-refractivity contribution < 1.29 is 23.8 Å². The van der Waals surface area contributed by atoms with Crippen LogP contribution in [0.3, 0.4) is 0 Å². The van der Waals surface area contributed by atoms with E-state index in [9.17, 15) is 9.59 Å². The van der Waals surface area contributed by atoms with E-state index in [1.54, 1.807) is 56.6 Å². The van der Waals surface area contributed by atoms with E-state index in [4.69, 9.17) is 14.2 Å². The number of urea groups is 1. The molecule has 1 saturated heterocycles. The van der Waals surface area contributed by atoms with Gasteiger partial charge in [-0.3, -0.25) is 4.79 Å². The highest BCUT2D eigenvalue weighted by Crippen LogP contribution is 2.34. The molecule has 0 spiro atoms. The van der Waals surface area contributed by atoms with Gasteiger partial charge in [0.2, 0.25) is 5.91 Å². The molecule has 0 aromatic heterocycles. The van der Waals surface area contributed by atoms with Gasteiger partial charge < -0.3 is 29.7 Å². The van der Waals surface area contributed by atoms with Crippen molar-refractivity contribution in [2.75, 3.05) is 45.1 Å². The number of hydrogen-bond donors (Lipinski definition) is 2. The van der Waals surface area contributed by atoms with Gasteiger partial charge in [0.05, 0.1) is 32.9 Å². The monoisotopic (exact) mass is 489 g/mol. The lowest BCUT2D eigenvalue weighted by molar-refractivity contribution is -0.121. The van der Waals surface area contributed by atoms with E-state index < -0.39 is 5.92 Å². The average Bonchev–Trinajstić information content (AvgIpc) is 2.93. The van der Waals surface area contributed by atoms with Crippen molar-refractivity contribution in [3.63, 3.8) is 0 Å². The van der Waals surface area contributed by atoms with Crippen LogP contribution in [0, 0.1) is 5.92 Å². The number of methoxy groups -OCH3 is 3. The van der Waals surface area contributed by atoms with Crippen LogP contribution in [0.2, 0.25) is 0 Å². The van der Waals surface area contributed by atoms with Gasteiger partial charge in [0.25, 0.3) is 0 Å². The van der Waals surface area contributed by atoms with Gasteiger partial charge >= 0.3 is 6.03 Å². The minimum absolute atomic E-state index is 0.0181. The molecule has 3 amide bonds. The van der Waals surface area contributed by atoms with Crippen LogP contribution in [-0.4, -0.2) is 51.3 Å². The summed E-state index contributed by atoms with van der Waals surface area (Å²) in [4.78, 5) is 28.4. The van der Waals surface area contributed by atoms with Crippen LogP contribution in [0.25, 0.3) is 0 Å². The summed E-state index contributed by atoms with van der Waals surface area (Å²) >= 11 is 0. The number of piperidine rings is 1. The highest BCUT2D eigenvalue weighted by atomic mass is 16.5. The van der Waals surface area contributed by atoms with Crippen LogP contribution in [-0.2, 0) is 4.79 Å². The smallest absolute Gasteiger partial charge is 0.321 e. The molecule has 36 heavy (non-hydrogen) atoms. The number of carbonyl (C=O) groups is 2. The number of nitrogens with one attached hydrogen (secondary N) is 2. The third-order valence-corrected chi connectivity index (χ3v) is 6.37. The summed E-state index contributed by atoms with van der Waals surface area (Å²) in [5, 5.41) is 5.92. The first-order valence-corrected chi connectivity index (χ1v) is 11.8. The van der Waals surface area contributed by atoms with E-state index in [1.807, 2.05) is 42.5 Å². The van der Waals surface area contributed by atoms with Gasteiger partial charge in [-0.2, -0.15) is 0 Å². The zero-order valence-electron chi connectivity index (χ0n) is 20.7. The SMILES string of the molecule is COc1cccc(NC(=O)N2CC(C(=O)Nc3ccc(OC)cc3OC)CC(c3ccccc3)C2)c1. The fraction of sp³-hybridized carbons (Fsp3) is 0.286. The lowest BCUT2D eigenvalue weighted by Crippen LogP contribution is -2.48. The molecule has 2 unspecified atom stereocenters. The van der Waals surface area contributed by atoms with Crippen LogP contribution in [0.1, 0.15) is 17.9 Å². The molecule has 1 aliphatic rings. The zero-order chi connectivity index (χ0) is 25.5. The predicted octanol–water partition coefficient (Wildman–Crippen LogP) is 4.99. The van der Waals surface area contributed by atoms with Crippen molar-refractivity contribution in [3.8, 4) is 17.2 Å². The number of carbonyl (C=O) groups excluding carboxylic acids is 2. The van der Waals surface area contributed by atoms with Crippen LogP contribution in [0.5, 0.6) is 17.2 Å². The number of amides is 3. The maximum absolute atomic E-state index is 13.4. The standard InChI is InChI=1S/C28H31N3O5/c1-34-23-11-7-10-22(15-23)29-28(33)31-17-20(19-8-5-4-6-9-19)14-21(18-31)27(32)30-25-13-12-24(35-2)16-26(25)36-3/h4-13,15-16,20-21H,14,17-18H2,1-3H3,(H,29,33)(H,30,32). The summed E-state index contributed by atoms with van der Waals surface area (Å²) in [6, 6.07) is 22.1. The van der Waals surface area contributed by atoms with Crippen molar-refractivity contribution in [2.24, 2.45) is 5.92 Å². The van der Waals surface area contributed by atoms with Crippen molar-refractivity contribution in [3.05, 3.63) is 78.4 Å². The number of hydrogen-bond acceptors (Lipinski definition) is 5. The largest absolute Gasteiger partial charge is 0.497 e. The van der Waals surface area contributed by atoms with Crippen LogP contribution in [0.4, 0.5) is 16.2 Å². The summed E-state index contributed by atoms with van der Waals surface area (Å²) in [6.07, 6.45) is 0.622. The van der Waals surface area contributed by atoms with E-state index in [1.165, 1.54) is 0 Å². The van der Waals surface area contributed by atoms with E-state index in [-0.39, 0.29) is 17.9 Å². The number of likely N-dealkylation sites (tertiary alicyclic amines) is 1. The second-order valence-corrected chi connectivity index (χ2v) is 8.66. The third-order valence-electron chi connectivity index (χ3n) is 6.37. The minimum atomic E-state index is -0.410. The minimum Gasteiger partial charge on any atom is -0.497 e. The van der Waals surface area contributed by atoms with Gasteiger partial charge in [-0.25, -0.2) is 4.79 Å². The normalized spacial score (nSPS) is 17.1. The second-order valence-electron chi connectivity index (χ2n) is 8.66. The Bertz CT molecular complexity index is 1200. The Morgan fingerprint density at radius 1 is 0.806 bits per heavy atom. The van der Waals surface area contributed by atoms with Gasteiger partial charge in [0.1, 0.15) is 17.2 Å². The molecule has 8 nitrogen and oxygen atoms in total. The van der Waals surface area contributed by atoms with Crippen molar-refractivity contribution >= 4 is 23.3 Å². The Morgan fingerprint density at radius 2 is 1.56 bits per heavy atom. The average molecular weight is 490 g/mol. The third kappa shape index (κ3) is 5.89. The number of anilines is 2. The number of ether oxygens (including phenoxy) is 3. The maximum atomic E-state index is 13.4. The van der Waals surface area contributed by atoms with Crippen molar-refractivity contribution in [2.45, 2.75) is 12.3 Å². The summed E-state index contributed by atoms with van der Waals surface area (Å²) in [5.41, 5.74) is 2.28. The lowest BCUT2D eigenvalue weighted by atomic mass is 9.84. The fourth-order valence-corrected chi connectivity index (χ4v) is 4.46. The number of nitrogens with zero attached hydrogens (tertiary/aromatic N) is 1. The topological polar surface area (TPSA) is 89.1 Å². The fourth-order valence-electron chi connectivity index (χ4n) is 4.46. The summed E-state index contributed by atoms with van der Waals surface area (Å²) < 4.78 is 15.9. The molecule has 1 fully saturated rings. The van der Waals surface area contributed by atoms with Gasteiger partial charge in [-0.05, 0) is 36.2 Å². The van der Waals surface area contributed by atoms with E-state index in [0.717, 1.165) is 5.56 Å². The molecule has 2 N–H and O–H groups in total. The lowest BCUT2D eigenvalue weighted by Gasteiger charge is -2.37. The van der Waals surface area contributed by atoms with Crippen molar-refractivity contribution in [1.82, 2.24) is 4.90 Å². The molecule has 0 bridgehead atoms. The Hall–Kier alpha value is -4.20. The Balaban J connectivity index is 1.54. The second kappa shape index (κ2) is 11.5. The first-order chi connectivity index (χ1) is 17.5. The van der Waals surface area contributed by atoms with E-state index >= 15 is 0 Å². The number of rotatable bonds is 7. The van der Waals surface area contributed by atoms with Gasteiger partial charge in [-0.1, -0.05) is 36.4 Å². The predicted molar refractivity (Wildman–Crippen MR) is 139 cm³/mol. The Morgan fingerprint density at radius 3 is 2.28 bits per heavy atom. The molecule has 8 heteroatoms. The number of benzene rings is 3. The van der Waals surface area contributed by atoms with E-state index in [2.05, 4.69) is 10.6 Å². The molecule has 3 aromatic carbocycles. The van der Waals surface area contributed by atoms with E-state index in [0.29, 0.717) is 48.1 Å². The van der Waals surface area contributed by atoms with Gasteiger partial charge in [-0.15, -0.1) is 0 Å². The Kier molecular flexibility index (Phi) is 7.95. The zero-order valence-corrected chi connectivity index (χ0v) is 20.7. The highest BCUT2D eigenvalue weighted by molar-refractivity contribution is 5.95. The summed E-state index contributed by atoms with van der Waals surface area (Å²) in [6.45, 7) is 0.804. The van der Waals surface area contributed by atoms with Gasteiger partial charge in [0, 0.05) is 36.8 Å². The van der Waals surface area contributed by atoms with Crippen LogP contribution >= 0.6 is 0 Å². The van der Waals surface area contributed by atoms with Crippen LogP contribution in [0.15, 0.2) is 72.8 Å². The Labute approximate surface area is 211 Å². The molecule has 0 aliphatic carbocycles. The molecule has 1 aliphatic heterocycles. The molecule has 188 valence electrons. The first-order valence-electron chi connectivity index (χ1n) is 11.8. The molecular formula is C28H31N3O5. The summed E-state index contributed by atoms with van der Waals surface area (Å²) in [7, 11) is 4.70. The maximum Gasteiger partial charge on any atom is 0.321 e. The quantitative estimate of drug-likeness (QED) is 0.488. The van der Waals surface area contributed by atoms with Crippen molar-refractivity contribution in [1.29, 1.82) is 0 Å². The molecule has 2 atom stereocenters. The first kappa shape index (κ1) is 24.9. The molecule has 0 saturated carbocycles. The molecule has 0 radical (unpaired) electrons. The highest BCUT2D eigenvalue weighted by Gasteiger charge is 2.35. The molecule has 1 heterocycles. The molecule has 3 aromatic rings. The summed E-state index contributed by atoms with van der Waals surface area (Å²) in [5.74, 6) is 1.23. The molecule has 4 rings (SSSR count). The van der Waals surface area contributed by atoms with Gasteiger partial charge in [0.15, 0.2) is 0 Å². The molecular weight excluding hydrogens is 458 g/mol. The van der Waals surface area contributed by atoms with Crippen LogP contribution < -0.4 is 24.8 Å².